The van der Waals surface area contributed by atoms with Crippen LogP contribution in [-0.2, 0) is 9.53 Å². The van der Waals surface area contributed by atoms with Crippen LogP contribution in [0.2, 0.25) is 0 Å². The Kier molecular flexibility index (Phi) is 3.33. The molecule has 3 atom stereocenters. The summed E-state index contributed by atoms with van der Waals surface area (Å²) in [6.07, 6.45) is 6.04. The van der Waals surface area contributed by atoms with Gasteiger partial charge in [0, 0.05) is 5.92 Å². The molecular formula is C15H21NO3. The predicted octanol–water partition coefficient (Wildman–Crippen LogP) is 2.74. The van der Waals surface area contributed by atoms with Crippen molar-refractivity contribution in [2.75, 3.05) is 13.2 Å². The van der Waals surface area contributed by atoms with Crippen LogP contribution in [0.4, 0.5) is 4.79 Å². The van der Waals surface area contributed by atoms with Gasteiger partial charge in [-0.2, -0.15) is 0 Å². The molecule has 2 aliphatic carbocycles. The molecule has 1 heterocycles. The summed E-state index contributed by atoms with van der Waals surface area (Å²) in [7, 11) is 0. The third-order valence-corrected chi connectivity index (χ3v) is 4.87. The summed E-state index contributed by atoms with van der Waals surface area (Å²) < 4.78 is 4.87. The number of imide groups is 1. The smallest absolute Gasteiger partial charge is 0.416 e. The molecule has 0 unspecified atom stereocenters. The zero-order valence-corrected chi connectivity index (χ0v) is 11.3. The monoisotopic (exact) mass is 263 g/mol. The lowest BCUT2D eigenvalue weighted by atomic mass is 9.88. The summed E-state index contributed by atoms with van der Waals surface area (Å²) in [5, 5.41) is 0. The van der Waals surface area contributed by atoms with Crippen LogP contribution < -0.4 is 0 Å². The van der Waals surface area contributed by atoms with Gasteiger partial charge in [-0.25, -0.2) is 9.69 Å². The van der Waals surface area contributed by atoms with E-state index in [1.54, 1.807) is 0 Å². The van der Waals surface area contributed by atoms with Crippen molar-refractivity contribution in [3.05, 3.63) is 12.2 Å². The maximum atomic E-state index is 12.5. The average molecular weight is 263 g/mol. The molecule has 19 heavy (non-hydrogen) atoms. The number of hydrogen-bond donors (Lipinski definition) is 0. The van der Waals surface area contributed by atoms with Crippen LogP contribution in [0.1, 0.15) is 38.5 Å². The van der Waals surface area contributed by atoms with Gasteiger partial charge in [-0.3, -0.25) is 4.79 Å². The van der Waals surface area contributed by atoms with Crippen LogP contribution in [0, 0.1) is 17.8 Å². The van der Waals surface area contributed by atoms with Crippen molar-refractivity contribution in [3.63, 3.8) is 0 Å². The van der Waals surface area contributed by atoms with Crippen LogP contribution in [0.5, 0.6) is 0 Å². The Bertz CT molecular complexity index is 418. The van der Waals surface area contributed by atoms with E-state index < -0.39 is 6.09 Å². The first kappa shape index (κ1) is 12.7. The van der Waals surface area contributed by atoms with E-state index in [4.69, 9.17) is 4.74 Å². The number of hydrogen-bond acceptors (Lipinski definition) is 3. The highest BCUT2D eigenvalue weighted by Gasteiger charge is 2.39. The van der Waals surface area contributed by atoms with E-state index in [0.29, 0.717) is 19.1 Å². The number of cyclic esters (lactones) is 1. The Morgan fingerprint density at radius 3 is 2.79 bits per heavy atom. The van der Waals surface area contributed by atoms with Crippen LogP contribution in [0.15, 0.2) is 12.2 Å². The molecule has 0 bridgehead atoms. The van der Waals surface area contributed by atoms with Crippen molar-refractivity contribution < 1.29 is 14.3 Å². The van der Waals surface area contributed by atoms with Gasteiger partial charge in [0.2, 0.25) is 5.91 Å². The fourth-order valence-electron chi connectivity index (χ4n) is 3.95. The third-order valence-electron chi connectivity index (χ3n) is 4.87. The highest BCUT2D eigenvalue weighted by atomic mass is 16.6. The molecule has 3 rings (SSSR count). The van der Waals surface area contributed by atoms with E-state index in [2.05, 4.69) is 6.58 Å². The predicted molar refractivity (Wildman–Crippen MR) is 70.4 cm³/mol. The van der Waals surface area contributed by atoms with Gasteiger partial charge in [0.05, 0.1) is 6.54 Å². The Balaban J connectivity index is 1.73. The highest BCUT2D eigenvalue weighted by molar-refractivity contribution is 5.94. The molecule has 4 heteroatoms. The molecule has 1 aliphatic heterocycles. The van der Waals surface area contributed by atoms with Crippen LogP contribution in [0.3, 0.4) is 0 Å². The molecule has 2 amide bonds. The van der Waals surface area contributed by atoms with Crippen LogP contribution in [-0.4, -0.2) is 30.1 Å². The Morgan fingerprint density at radius 1 is 1.26 bits per heavy atom. The van der Waals surface area contributed by atoms with Gasteiger partial charge in [-0.1, -0.05) is 25.0 Å². The van der Waals surface area contributed by atoms with E-state index in [1.165, 1.54) is 29.7 Å². The molecule has 0 aromatic heterocycles. The minimum Gasteiger partial charge on any atom is -0.447 e. The van der Waals surface area contributed by atoms with Crippen molar-refractivity contribution >= 4 is 12.0 Å². The summed E-state index contributed by atoms with van der Waals surface area (Å²) in [5.41, 5.74) is 1.18. The molecule has 3 fully saturated rings. The average Bonchev–Trinajstić information content (AvgIpc) is 2.94. The van der Waals surface area contributed by atoms with Crippen LogP contribution in [0.25, 0.3) is 0 Å². The van der Waals surface area contributed by atoms with Gasteiger partial charge in [0.1, 0.15) is 6.61 Å². The number of nitrogens with zero attached hydrogens (tertiary/aromatic N) is 1. The number of carbonyl (C=O) groups is 2. The highest BCUT2D eigenvalue weighted by Crippen LogP contribution is 2.44. The van der Waals surface area contributed by atoms with E-state index >= 15 is 0 Å². The van der Waals surface area contributed by atoms with Crippen LogP contribution >= 0.6 is 0 Å². The van der Waals surface area contributed by atoms with Crippen molar-refractivity contribution in [3.8, 4) is 0 Å². The summed E-state index contributed by atoms with van der Waals surface area (Å²) >= 11 is 0. The number of allylic oxidation sites excluding steroid dienone is 1. The van der Waals surface area contributed by atoms with Gasteiger partial charge < -0.3 is 4.74 Å². The molecule has 3 aliphatic rings. The zero-order valence-electron chi connectivity index (χ0n) is 11.3. The number of rotatable bonds is 1. The standard InChI is InChI=1S/C15H21NO3/c1-10-7-11-3-2-4-12(11)9-13(8-10)14(17)16-5-6-19-15(16)18/h11-13H,1-9H2/t11-,12-,13-/m1/s1. The second kappa shape index (κ2) is 4.99. The number of carbonyl (C=O) groups excluding carboxylic acids is 2. The lowest BCUT2D eigenvalue weighted by Crippen LogP contribution is -2.37. The SMILES string of the molecule is C=C1C[C@@H](C(=O)N2CCOC2=O)C[C@H]2CCC[C@@H]2C1. The summed E-state index contributed by atoms with van der Waals surface area (Å²) in [4.78, 5) is 25.3. The molecule has 0 radical (unpaired) electrons. The van der Waals surface area contributed by atoms with Gasteiger partial charge in [0.15, 0.2) is 0 Å². The molecule has 2 saturated carbocycles. The van der Waals surface area contributed by atoms with Gasteiger partial charge in [-0.15, -0.1) is 0 Å². The second-order valence-corrected chi connectivity index (χ2v) is 6.15. The van der Waals surface area contributed by atoms with Crippen molar-refractivity contribution in [1.82, 2.24) is 4.90 Å². The molecule has 0 spiro atoms. The van der Waals surface area contributed by atoms with E-state index in [9.17, 15) is 9.59 Å². The topological polar surface area (TPSA) is 46.6 Å². The van der Waals surface area contributed by atoms with E-state index in [1.807, 2.05) is 0 Å². The molecule has 1 saturated heterocycles. The van der Waals surface area contributed by atoms with Crippen molar-refractivity contribution in [2.24, 2.45) is 17.8 Å². The minimum atomic E-state index is -0.470. The zero-order chi connectivity index (χ0) is 13.4. The van der Waals surface area contributed by atoms with Gasteiger partial charge in [0.25, 0.3) is 0 Å². The maximum Gasteiger partial charge on any atom is 0.416 e. The van der Waals surface area contributed by atoms with E-state index in [-0.39, 0.29) is 11.8 Å². The molecular weight excluding hydrogens is 242 g/mol. The molecule has 104 valence electrons. The fraction of sp³-hybridized carbons (Fsp3) is 0.733. The Morgan fingerprint density at radius 2 is 2.05 bits per heavy atom. The summed E-state index contributed by atoms with van der Waals surface area (Å²) in [5.74, 6) is 1.25. The fourth-order valence-corrected chi connectivity index (χ4v) is 3.95. The molecule has 0 N–H and O–H groups in total. The number of ether oxygens (including phenoxy) is 1. The largest absolute Gasteiger partial charge is 0.447 e. The Hall–Kier alpha value is -1.32. The molecule has 0 aromatic rings. The quantitative estimate of drug-likeness (QED) is 0.683. The second-order valence-electron chi connectivity index (χ2n) is 6.15. The first-order valence-corrected chi connectivity index (χ1v) is 7.30. The first-order chi connectivity index (χ1) is 9.15. The normalized spacial score (nSPS) is 34.9. The third kappa shape index (κ3) is 2.40. The maximum absolute atomic E-state index is 12.5. The van der Waals surface area contributed by atoms with Gasteiger partial charge >= 0.3 is 6.09 Å². The van der Waals surface area contributed by atoms with Gasteiger partial charge in [-0.05, 0) is 37.5 Å². The molecule has 0 aromatic carbocycles. The molecule has 4 nitrogen and oxygen atoms in total. The summed E-state index contributed by atoms with van der Waals surface area (Å²) in [6.45, 7) is 4.87. The van der Waals surface area contributed by atoms with E-state index in [0.717, 1.165) is 25.2 Å². The van der Waals surface area contributed by atoms with Crippen molar-refractivity contribution in [1.29, 1.82) is 0 Å². The lowest BCUT2D eigenvalue weighted by molar-refractivity contribution is -0.132. The number of fused-ring (bicyclic) bond motifs is 1. The Labute approximate surface area is 113 Å². The number of amides is 2. The lowest BCUT2D eigenvalue weighted by Gasteiger charge is -2.21. The van der Waals surface area contributed by atoms with Crippen molar-refractivity contribution in [2.45, 2.75) is 38.5 Å². The first-order valence-electron chi connectivity index (χ1n) is 7.30. The summed E-state index contributed by atoms with van der Waals surface area (Å²) in [6, 6.07) is 0. The minimum absolute atomic E-state index is 0.0452.